The van der Waals surface area contributed by atoms with Gasteiger partial charge in [0.05, 0.1) is 11.0 Å². The second-order valence-electron chi connectivity index (χ2n) is 4.88. The minimum absolute atomic E-state index is 0.0292. The molecule has 2 atom stereocenters. The number of amides is 1. The highest BCUT2D eigenvalue weighted by molar-refractivity contribution is 7.09. The van der Waals surface area contributed by atoms with Gasteiger partial charge in [0.25, 0.3) is 0 Å². The lowest BCUT2D eigenvalue weighted by Gasteiger charge is -2.28. The zero-order valence-corrected chi connectivity index (χ0v) is 12.7. The van der Waals surface area contributed by atoms with Crippen LogP contribution in [0.2, 0.25) is 0 Å². The molecule has 102 valence electrons. The van der Waals surface area contributed by atoms with Gasteiger partial charge < -0.3 is 4.90 Å². The number of rotatable bonds is 6. The lowest BCUT2D eigenvalue weighted by atomic mass is 10.1. The fraction of sp³-hybridized carbons (Fsp3) is 0.692. The Balaban J connectivity index is 2.59. The summed E-state index contributed by atoms with van der Waals surface area (Å²) in [5.74, 6) is 0.476. The zero-order chi connectivity index (χ0) is 13.7. The highest BCUT2D eigenvalue weighted by atomic mass is 32.1. The maximum atomic E-state index is 12.3. The van der Waals surface area contributed by atoms with Gasteiger partial charge in [-0.15, -0.1) is 11.3 Å². The Hall–Kier alpha value is -0.940. The van der Waals surface area contributed by atoms with E-state index in [1.165, 1.54) is 0 Å². The molecule has 1 aromatic heterocycles. The summed E-state index contributed by atoms with van der Waals surface area (Å²) in [5, 5.41) is 3.06. The van der Waals surface area contributed by atoms with Crippen LogP contribution in [-0.2, 0) is 4.79 Å². The number of aromatic nitrogens is 1. The van der Waals surface area contributed by atoms with E-state index in [2.05, 4.69) is 11.9 Å². The maximum absolute atomic E-state index is 12.3. The molecule has 1 heterocycles. The summed E-state index contributed by atoms with van der Waals surface area (Å²) >= 11 is 1.65. The highest BCUT2D eigenvalue weighted by Crippen LogP contribution is 2.19. The van der Waals surface area contributed by atoms with Crippen LogP contribution in [0.1, 0.15) is 31.2 Å². The molecule has 1 aromatic rings. The smallest absolute Gasteiger partial charge is 0.239 e. The van der Waals surface area contributed by atoms with Crippen LogP contribution in [0.25, 0.3) is 0 Å². The van der Waals surface area contributed by atoms with E-state index in [0.717, 1.165) is 18.0 Å². The molecule has 0 aromatic carbocycles. The van der Waals surface area contributed by atoms with E-state index in [-0.39, 0.29) is 11.9 Å². The fourth-order valence-electron chi connectivity index (χ4n) is 2.07. The molecule has 0 radical (unpaired) electrons. The molecule has 1 rings (SSSR count). The molecule has 18 heavy (non-hydrogen) atoms. The van der Waals surface area contributed by atoms with E-state index in [9.17, 15) is 4.79 Å². The Morgan fingerprint density at radius 3 is 2.56 bits per heavy atom. The van der Waals surface area contributed by atoms with Crippen molar-refractivity contribution in [1.29, 1.82) is 0 Å². The van der Waals surface area contributed by atoms with E-state index in [4.69, 9.17) is 0 Å². The zero-order valence-electron chi connectivity index (χ0n) is 11.9. The molecule has 0 aliphatic heterocycles. The first-order chi connectivity index (χ1) is 8.47. The summed E-state index contributed by atoms with van der Waals surface area (Å²) in [5.41, 5.74) is 0. The average Bonchev–Trinajstić information content (AvgIpc) is 2.82. The molecule has 0 bridgehead atoms. The second-order valence-corrected chi connectivity index (χ2v) is 5.80. The number of nitrogens with zero attached hydrogens (tertiary/aromatic N) is 3. The summed E-state index contributed by atoms with van der Waals surface area (Å²) in [4.78, 5) is 20.4. The Morgan fingerprint density at radius 1 is 1.44 bits per heavy atom. The lowest BCUT2D eigenvalue weighted by Crippen LogP contribution is -2.45. The third-order valence-corrected chi connectivity index (χ3v) is 4.10. The van der Waals surface area contributed by atoms with Crippen LogP contribution in [-0.4, -0.2) is 54.4 Å². The number of carbonyl (C=O) groups is 1. The Labute approximate surface area is 114 Å². The van der Waals surface area contributed by atoms with E-state index in [1.54, 1.807) is 11.3 Å². The first-order valence-corrected chi connectivity index (χ1v) is 7.16. The van der Waals surface area contributed by atoms with Crippen molar-refractivity contribution in [2.45, 2.75) is 32.2 Å². The third-order valence-electron chi connectivity index (χ3n) is 3.09. The van der Waals surface area contributed by atoms with Crippen LogP contribution < -0.4 is 0 Å². The van der Waals surface area contributed by atoms with Crippen LogP contribution in [0.3, 0.4) is 0 Å². The number of carbonyl (C=O) groups excluding carboxylic acids is 1. The molecule has 0 aliphatic carbocycles. The monoisotopic (exact) mass is 269 g/mol. The molecule has 0 aliphatic rings. The molecule has 5 heteroatoms. The van der Waals surface area contributed by atoms with Crippen molar-refractivity contribution >= 4 is 17.2 Å². The summed E-state index contributed by atoms with van der Waals surface area (Å²) in [7, 11) is 5.77. The van der Waals surface area contributed by atoms with Gasteiger partial charge in [-0.2, -0.15) is 0 Å². The standard InChI is InChI=1S/C13H23N3OS/c1-6-11(15(3)4)13(17)16(5)9-10(2)12-14-7-8-18-12/h7-8,10-11H,6,9H2,1-5H3/t10-,11+/m1/s1. The number of hydrogen-bond donors (Lipinski definition) is 0. The van der Waals surface area contributed by atoms with Gasteiger partial charge >= 0.3 is 0 Å². The molecule has 0 unspecified atom stereocenters. The van der Waals surface area contributed by atoms with Gasteiger partial charge in [0, 0.05) is 31.1 Å². The van der Waals surface area contributed by atoms with Crippen LogP contribution in [0, 0.1) is 0 Å². The number of hydrogen-bond acceptors (Lipinski definition) is 4. The third kappa shape index (κ3) is 3.78. The Kier molecular flexibility index (Phi) is 5.75. The van der Waals surface area contributed by atoms with Gasteiger partial charge in [0.2, 0.25) is 5.91 Å². The van der Waals surface area contributed by atoms with Crippen LogP contribution >= 0.6 is 11.3 Å². The summed E-state index contributed by atoms with van der Waals surface area (Å²) in [6, 6.07) is -0.0292. The van der Waals surface area contributed by atoms with Crippen LogP contribution in [0.5, 0.6) is 0 Å². The van der Waals surface area contributed by atoms with Crippen molar-refractivity contribution in [3.63, 3.8) is 0 Å². The van der Waals surface area contributed by atoms with Gasteiger partial charge in [-0.1, -0.05) is 13.8 Å². The fourth-order valence-corrected chi connectivity index (χ4v) is 2.76. The minimum atomic E-state index is -0.0292. The average molecular weight is 269 g/mol. The molecule has 1 amide bonds. The van der Waals surface area contributed by atoms with Crippen molar-refractivity contribution < 1.29 is 4.79 Å². The Bertz CT molecular complexity index is 364. The van der Waals surface area contributed by atoms with Gasteiger partial charge in [0.1, 0.15) is 0 Å². The normalized spacial score (nSPS) is 14.6. The van der Waals surface area contributed by atoms with E-state index >= 15 is 0 Å². The van der Waals surface area contributed by atoms with Gasteiger partial charge in [-0.25, -0.2) is 4.98 Å². The molecular weight excluding hydrogens is 246 g/mol. The first kappa shape index (κ1) is 15.1. The largest absolute Gasteiger partial charge is 0.344 e. The van der Waals surface area contributed by atoms with E-state index in [0.29, 0.717) is 5.92 Å². The summed E-state index contributed by atoms with van der Waals surface area (Å²) < 4.78 is 0. The van der Waals surface area contributed by atoms with Gasteiger partial charge in [0.15, 0.2) is 0 Å². The second kappa shape index (κ2) is 6.85. The van der Waals surface area contributed by atoms with Crippen molar-refractivity contribution in [1.82, 2.24) is 14.8 Å². The number of thiazole rings is 1. The van der Waals surface area contributed by atoms with Gasteiger partial charge in [-0.05, 0) is 20.5 Å². The summed E-state index contributed by atoms with van der Waals surface area (Å²) in [6.45, 7) is 4.87. The van der Waals surface area contributed by atoms with Crippen molar-refractivity contribution in [2.24, 2.45) is 0 Å². The van der Waals surface area contributed by atoms with Crippen molar-refractivity contribution in [3.8, 4) is 0 Å². The molecular formula is C13H23N3OS. The van der Waals surface area contributed by atoms with Crippen LogP contribution in [0.15, 0.2) is 11.6 Å². The Morgan fingerprint density at radius 2 is 2.11 bits per heavy atom. The first-order valence-electron chi connectivity index (χ1n) is 6.28. The molecule has 0 saturated carbocycles. The topological polar surface area (TPSA) is 36.4 Å². The number of likely N-dealkylation sites (N-methyl/N-ethyl adjacent to an activating group) is 2. The quantitative estimate of drug-likeness (QED) is 0.793. The SMILES string of the molecule is CC[C@@H](C(=O)N(C)C[C@@H](C)c1nccs1)N(C)C. The highest BCUT2D eigenvalue weighted by Gasteiger charge is 2.23. The minimum Gasteiger partial charge on any atom is -0.344 e. The predicted octanol–water partition coefficient (Wildman–Crippen LogP) is 2.05. The molecule has 0 saturated heterocycles. The van der Waals surface area contributed by atoms with E-state index in [1.807, 2.05) is 49.4 Å². The summed E-state index contributed by atoms with van der Waals surface area (Å²) in [6.07, 6.45) is 2.65. The van der Waals surface area contributed by atoms with Crippen molar-refractivity contribution in [2.75, 3.05) is 27.7 Å². The van der Waals surface area contributed by atoms with E-state index < -0.39 is 0 Å². The molecule has 0 N–H and O–H groups in total. The lowest BCUT2D eigenvalue weighted by molar-refractivity contribution is -0.135. The van der Waals surface area contributed by atoms with Crippen molar-refractivity contribution in [3.05, 3.63) is 16.6 Å². The van der Waals surface area contributed by atoms with Crippen LogP contribution in [0.4, 0.5) is 0 Å². The molecule has 0 spiro atoms. The molecule has 4 nitrogen and oxygen atoms in total. The predicted molar refractivity (Wildman–Crippen MR) is 75.9 cm³/mol. The van der Waals surface area contributed by atoms with Gasteiger partial charge in [-0.3, -0.25) is 9.69 Å². The molecule has 0 fully saturated rings. The maximum Gasteiger partial charge on any atom is 0.239 e.